The number of benzene rings is 2. The summed E-state index contributed by atoms with van der Waals surface area (Å²) < 4.78 is 27.0. The summed E-state index contributed by atoms with van der Waals surface area (Å²) in [6, 6.07) is 16.2. The molecule has 0 bridgehead atoms. The van der Waals surface area contributed by atoms with Gasteiger partial charge >= 0.3 is 0 Å². The molecule has 0 aliphatic carbocycles. The lowest BCUT2D eigenvalue weighted by Crippen LogP contribution is -2.43. The maximum atomic E-state index is 12.8. The monoisotopic (exact) mass is 386 g/mol. The van der Waals surface area contributed by atoms with Crippen molar-refractivity contribution in [3.05, 3.63) is 60.2 Å². The van der Waals surface area contributed by atoms with Gasteiger partial charge in [0, 0.05) is 18.8 Å². The fraction of sp³-hybridized carbons (Fsp3) is 0.381. The maximum Gasteiger partial charge on any atom is 0.243 e. The van der Waals surface area contributed by atoms with Gasteiger partial charge in [0.05, 0.1) is 10.8 Å². The summed E-state index contributed by atoms with van der Waals surface area (Å²) in [5, 5.41) is 2.93. The summed E-state index contributed by atoms with van der Waals surface area (Å²) in [5.74, 6) is -0.0351. The predicted molar refractivity (Wildman–Crippen MR) is 107 cm³/mol. The van der Waals surface area contributed by atoms with Crippen LogP contribution in [0, 0.1) is 5.92 Å². The van der Waals surface area contributed by atoms with E-state index in [0.717, 1.165) is 5.69 Å². The minimum Gasteiger partial charge on any atom is -0.326 e. The number of carbonyl (C=O) groups is 1. The van der Waals surface area contributed by atoms with Crippen LogP contribution in [0.1, 0.15) is 38.2 Å². The van der Waals surface area contributed by atoms with Crippen LogP contribution in [0.4, 0.5) is 5.69 Å². The zero-order valence-corrected chi connectivity index (χ0v) is 16.6. The van der Waals surface area contributed by atoms with E-state index in [-0.39, 0.29) is 23.3 Å². The Morgan fingerprint density at radius 2 is 1.74 bits per heavy atom. The van der Waals surface area contributed by atoms with Crippen LogP contribution in [-0.2, 0) is 14.8 Å². The zero-order chi connectivity index (χ0) is 19.4. The van der Waals surface area contributed by atoms with Gasteiger partial charge in [-0.15, -0.1) is 0 Å². The Hall–Kier alpha value is -2.18. The lowest BCUT2D eigenvalue weighted by atomic mass is 9.98. The van der Waals surface area contributed by atoms with Crippen molar-refractivity contribution >= 4 is 21.6 Å². The van der Waals surface area contributed by atoms with E-state index in [4.69, 9.17) is 0 Å². The van der Waals surface area contributed by atoms with E-state index >= 15 is 0 Å². The number of sulfonamides is 1. The average Bonchev–Trinajstić information content (AvgIpc) is 2.69. The van der Waals surface area contributed by atoms with E-state index in [0.29, 0.717) is 25.3 Å². The number of rotatable bonds is 5. The highest BCUT2D eigenvalue weighted by molar-refractivity contribution is 7.89. The fourth-order valence-corrected chi connectivity index (χ4v) is 4.86. The van der Waals surface area contributed by atoms with Crippen molar-refractivity contribution in [3.8, 4) is 0 Å². The molecular formula is C21H26N2O3S. The highest BCUT2D eigenvalue weighted by Crippen LogP contribution is 2.25. The summed E-state index contributed by atoms with van der Waals surface area (Å²) in [7, 11) is -3.56. The molecule has 5 nitrogen and oxygen atoms in total. The molecule has 0 spiro atoms. The molecule has 3 rings (SSSR count). The molecule has 0 radical (unpaired) electrons. The Labute approximate surface area is 161 Å². The molecule has 1 aliphatic rings. The Balaban J connectivity index is 1.68. The van der Waals surface area contributed by atoms with Gasteiger partial charge in [-0.1, -0.05) is 44.2 Å². The zero-order valence-electron chi connectivity index (χ0n) is 15.8. The number of carbonyl (C=O) groups excluding carboxylic acids is 1. The third kappa shape index (κ3) is 4.57. The first-order chi connectivity index (χ1) is 12.9. The molecule has 144 valence electrons. The van der Waals surface area contributed by atoms with Crippen LogP contribution in [0.2, 0.25) is 0 Å². The van der Waals surface area contributed by atoms with Gasteiger partial charge in [0.1, 0.15) is 0 Å². The van der Waals surface area contributed by atoms with Gasteiger partial charge < -0.3 is 5.32 Å². The van der Waals surface area contributed by atoms with Crippen LogP contribution < -0.4 is 5.32 Å². The lowest BCUT2D eigenvalue weighted by molar-refractivity contribution is -0.120. The Bertz CT molecular complexity index is 877. The molecule has 2 aromatic rings. The quantitative estimate of drug-likeness (QED) is 0.849. The normalized spacial score (nSPS) is 18.4. The van der Waals surface area contributed by atoms with Crippen LogP contribution in [0.5, 0.6) is 0 Å². The molecule has 1 fully saturated rings. The molecule has 1 amide bonds. The minimum absolute atomic E-state index is 0.125. The van der Waals surface area contributed by atoms with Gasteiger partial charge in [0.15, 0.2) is 0 Å². The topological polar surface area (TPSA) is 66.5 Å². The van der Waals surface area contributed by atoms with Crippen molar-refractivity contribution in [1.82, 2.24) is 4.31 Å². The van der Waals surface area contributed by atoms with Crippen LogP contribution in [0.25, 0.3) is 0 Å². The predicted octanol–water partition coefficient (Wildman–Crippen LogP) is 3.85. The van der Waals surface area contributed by atoms with Crippen molar-refractivity contribution in [3.63, 3.8) is 0 Å². The highest BCUT2D eigenvalue weighted by Gasteiger charge is 2.33. The largest absolute Gasteiger partial charge is 0.326 e. The van der Waals surface area contributed by atoms with Gasteiger partial charge in [0.25, 0.3) is 0 Å². The van der Waals surface area contributed by atoms with Gasteiger partial charge in [-0.3, -0.25) is 4.79 Å². The number of hydrogen-bond acceptors (Lipinski definition) is 3. The van der Waals surface area contributed by atoms with Gasteiger partial charge in [-0.2, -0.15) is 4.31 Å². The van der Waals surface area contributed by atoms with Gasteiger partial charge in [0.2, 0.25) is 15.9 Å². The maximum absolute atomic E-state index is 12.8. The van der Waals surface area contributed by atoms with Gasteiger partial charge in [-0.25, -0.2) is 8.42 Å². The van der Waals surface area contributed by atoms with Crippen molar-refractivity contribution in [1.29, 1.82) is 0 Å². The van der Waals surface area contributed by atoms with Crippen LogP contribution in [0.15, 0.2) is 59.5 Å². The first kappa shape index (κ1) is 19.6. The lowest BCUT2D eigenvalue weighted by Gasteiger charge is -2.31. The van der Waals surface area contributed by atoms with E-state index in [1.54, 1.807) is 30.3 Å². The van der Waals surface area contributed by atoms with E-state index in [1.165, 1.54) is 9.87 Å². The molecule has 1 heterocycles. The van der Waals surface area contributed by atoms with Crippen molar-refractivity contribution < 1.29 is 13.2 Å². The summed E-state index contributed by atoms with van der Waals surface area (Å²) in [5.41, 5.74) is 1.96. The minimum atomic E-state index is -3.56. The van der Waals surface area contributed by atoms with Crippen LogP contribution in [-0.4, -0.2) is 31.7 Å². The fourth-order valence-electron chi connectivity index (χ4n) is 3.31. The molecule has 1 atom stereocenters. The number of anilines is 1. The number of hydrogen-bond donors (Lipinski definition) is 1. The van der Waals surface area contributed by atoms with Crippen molar-refractivity contribution in [2.45, 2.75) is 37.5 Å². The van der Waals surface area contributed by atoms with Crippen molar-refractivity contribution in [2.24, 2.45) is 5.92 Å². The number of nitrogens with one attached hydrogen (secondary N) is 1. The first-order valence-electron chi connectivity index (χ1n) is 9.34. The molecule has 1 saturated heterocycles. The Kier molecular flexibility index (Phi) is 5.97. The summed E-state index contributed by atoms with van der Waals surface area (Å²) >= 11 is 0. The molecule has 27 heavy (non-hydrogen) atoms. The van der Waals surface area contributed by atoms with E-state index in [9.17, 15) is 13.2 Å². The third-order valence-corrected chi connectivity index (χ3v) is 6.86. The van der Waals surface area contributed by atoms with E-state index in [1.807, 2.05) is 24.3 Å². The number of nitrogens with zero attached hydrogens (tertiary/aromatic N) is 1. The molecule has 2 aromatic carbocycles. The van der Waals surface area contributed by atoms with Crippen LogP contribution >= 0.6 is 0 Å². The summed E-state index contributed by atoms with van der Waals surface area (Å²) in [6.07, 6.45) is 1.37. The molecule has 1 N–H and O–H groups in total. The smallest absolute Gasteiger partial charge is 0.243 e. The third-order valence-electron chi connectivity index (χ3n) is 4.98. The molecule has 1 unspecified atom stereocenters. The number of amides is 1. The Morgan fingerprint density at radius 1 is 1.07 bits per heavy atom. The first-order valence-corrected chi connectivity index (χ1v) is 10.8. The molecule has 0 saturated carbocycles. The van der Waals surface area contributed by atoms with Gasteiger partial charge in [-0.05, 0) is 48.6 Å². The van der Waals surface area contributed by atoms with Crippen LogP contribution in [0.3, 0.4) is 0 Å². The SMILES string of the molecule is CC(C)c1ccc(NC(=O)C2CCCN(S(=O)(=O)c3ccccc3)C2)cc1. The molecule has 6 heteroatoms. The summed E-state index contributed by atoms with van der Waals surface area (Å²) in [4.78, 5) is 12.9. The van der Waals surface area contributed by atoms with Crippen molar-refractivity contribution in [2.75, 3.05) is 18.4 Å². The molecule has 1 aliphatic heterocycles. The second-order valence-electron chi connectivity index (χ2n) is 7.28. The second-order valence-corrected chi connectivity index (χ2v) is 9.22. The number of piperidine rings is 1. The molecule has 0 aromatic heterocycles. The van der Waals surface area contributed by atoms with E-state index < -0.39 is 10.0 Å². The van der Waals surface area contributed by atoms with E-state index in [2.05, 4.69) is 19.2 Å². The highest BCUT2D eigenvalue weighted by atomic mass is 32.2. The summed E-state index contributed by atoms with van der Waals surface area (Å²) in [6.45, 7) is 4.91. The molecular weight excluding hydrogens is 360 g/mol. The standard InChI is InChI=1S/C21H26N2O3S/c1-16(2)17-10-12-19(13-11-17)22-21(24)18-7-6-14-23(15-18)27(25,26)20-8-4-3-5-9-20/h3-5,8-13,16,18H,6-7,14-15H2,1-2H3,(H,22,24). The second kappa shape index (κ2) is 8.23. The Morgan fingerprint density at radius 3 is 2.37 bits per heavy atom. The average molecular weight is 387 g/mol.